The van der Waals surface area contributed by atoms with Gasteiger partial charge in [0.25, 0.3) is 0 Å². The van der Waals surface area contributed by atoms with Crippen LogP contribution in [0, 0.1) is 13.8 Å². The number of hydrogen-bond acceptors (Lipinski definition) is 4. The number of hydrogen-bond donors (Lipinski definition) is 2. The molecule has 0 aliphatic carbocycles. The molecule has 3 aromatic rings. The van der Waals surface area contributed by atoms with E-state index in [0.717, 1.165) is 21.7 Å². The molecule has 2 N–H and O–H groups in total. The van der Waals surface area contributed by atoms with Gasteiger partial charge in [-0.3, -0.25) is 0 Å². The number of anilines is 4. The highest BCUT2D eigenvalue weighted by Gasteiger charge is 2.02. The third-order valence-electron chi connectivity index (χ3n) is 3.54. The molecule has 0 saturated heterocycles. The predicted octanol–water partition coefficient (Wildman–Crippen LogP) is 5.34. The summed E-state index contributed by atoms with van der Waals surface area (Å²) in [7, 11) is 0. The number of aromatic nitrogens is 2. The lowest BCUT2D eigenvalue weighted by atomic mass is 10.1. The Labute approximate surface area is 144 Å². The summed E-state index contributed by atoms with van der Waals surface area (Å²) in [6, 6.07) is 16.0. The summed E-state index contributed by atoms with van der Waals surface area (Å²) < 4.78 is 1.04. The number of rotatable bonds is 4. The SMILES string of the molecule is Cc1ccc(Nc2ccnc(Nc3ccc(Br)cc3)n2)cc1C. The van der Waals surface area contributed by atoms with Gasteiger partial charge in [-0.15, -0.1) is 0 Å². The van der Waals surface area contributed by atoms with Crippen LogP contribution < -0.4 is 10.6 Å². The van der Waals surface area contributed by atoms with Crippen molar-refractivity contribution >= 4 is 39.1 Å². The summed E-state index contributed by atoms with van der Waals surface area (Å²) >= 11 is 3.42. The molecule has 0 amide bonds. The van der Waals surface area contributed by atoms with E-state index in [1.807, 2.05) is 36.4 Å². The van der Waals surface area contributed by atoms with E-state index in [-0.39, 0.29) is 0 Å². The van der Waals surface area contributed by atoms with Crippen LogP contribution in [0.4, 0.5) is 23.1 Å². The van der Waals surface area contributed by atoms with Crippen LogP contribution in [0.3, 0.4) is 0 Å². The second-order valence-corrected chi connectivity index (χ2v) is 6.24. The number of nitrogens with one attached hydrogen (secondary N) is 2. The molecule has 23 heavy (non-hydrogen) atoms. The molecule has 0 saturated carbocycles. The van der Waals surface area contributed by atoms with E-state index in [2.05, 4.69) is 62.5 Å². The molecule has 0 atom stereocenters. The van der Waals surface area contributed by atoms with E-state index < -0.39 is 0 Å². The Morgan fingerprint density at radius 1 is 0.826 bits per heavy atom. The molecule has 0 spiro atoms. The average molecular weight is 369 g/mol. The van der Waals surface area contributed by atoms with Crippen LogP contribution in [0.2, 0.25) is 0 Å². The van der Waals surface area contributed by atoms with Crippen LogP contribution in [0.25, 0.3) is 0 Å². The molecule has 0 aliphatic rings. The normalized spacial score (nSPS) is 10.4. The lowest BCUT2D eigenvalue weighted by molar-refractivity contribution is 1.16. The van der Waals surface area contributed by atoms with Crippen LogP contribution in [0.5, 0.6) is 0 Å². The Kier molecular flexibility index (Phi) is 4.57. The summed E-state index contributed by atoms with van der Waals surface area (Å²) in [4.78, 5) is 8.75. The molecular weight excluding hydrogens is 352 g/mol. The van der Waals surface area contributed by atoms with Gasteiger partial charge in [0.2, 0.25) is 5.95 Å². The van der Waals surface area contributed by atoms with Gasteiger partial charge in [0, 0.05) is 22.0 Å². The molecule has 2 aromatic carbocycles. The third-order valence-corrected chi connectivity index (χ3v) is 4.06. The zero-order valence-electron chi connectivity index (χ0n) is 13.0. The lowest BCUT2D eigenvalue weighted by Gasteiger charge is -2.10. The first-order valence-electron chi connectivity index (χ1n) is 7.30. The monoisotopic (exact) mass is 368 g/mol. The molecule has 3 rings (SSSR count). The minimum absolute atomic E-state index is 0.557. The molecular formula is C18H17BrN4. The number of nitrogens with zero attached hydrogens (tertiary/aromatic N) is 2. The fourth-order valence-electron chi connectivity index (χ4n) is 2.12. The smallest absolute Gasteiger partial charge is 0.229 e. The van der Waals surface area contributed by atoms with Crippen molar-refractivity contribution in [1.82, 2.24) is 9.97 Å². The van der Waals surface area contributed by atoms with Crippen molar-refractivity contribution in [3.8, 4) is 0 Å². The van der Waals surface area contributed by atoms with Gasteiger partial charge in [0.05, 0.1) is 0 Å². The average Bonchev–Trinajstić information content (AvgIpc) is 2.54. The predicted molar refractivity (Wildman–Crippen MR) is 98.7 cm³/mol. The highest BCUT2D eigenvalue weighted by Crippen LogP contribution is 2.20. The summed E-state index contributed by atoms with van der Waals surface area (Å²) in [5.41, 5.74) is 4.48. The van der Waals surface area contributed by atoms with Crippen molar-refractivity contribution in [2.24, 2.45) is 0 Å². The van der Waals surface area contributed by atoms with Crippen LogP contribution in [-0.2, 0) is 0 Å². The van der Waals surface area contributed by atoms with Crippen LogP contribution in [0.15, 0.2) is 59.2 Å². The van der Waals surface area contributed by atoms with Gasteiger partial charge in [-0.1, -0.05) is 22.0 Å². The quantitative estimate of drug-likeness (QED) is 0.652. The van der Waals surface area contributed by atoms with E-state index in [1.54, 1.807) is 6.20 Å². The highest BCUT2D eigenvalue weighted by molar-refractivity contribution is 9.10. The van der Waals surface area contributed by atoms with Crippen molar-refractivity contribution in [2.45, 2.75) is 13.8 Å². The van der Waals surface area contributed by atoms with Crippen LogP contribution >= 0.6 is 15.9 Å². The largest absolute Gasteiger partial charge is 0.340 e. The van der Waals surface area contributed by atoms with Crippen LogP contribution in [-0.4, -0.2) is 9.97 Å². The number of aryl methyl sites for hydroxylation is 2. The fourth-order valence-corrected chi connectivity index (χ4v) is 2.38. The van der Waals surface area contributed by atoms with Crippen molar-refractivity contribution in [3.05, 3.63) is 70.3 Å². The summed E-state index contributed by atoms with van der Waals surface area (Å²) in [6.07, 6.45) is 1.73. The first kappa shape index (κ1) is 15.5. The van der Waals surface area contributed by atoms with Gasteiger partial charge in [0.1, 0.15) is 5.82 Å². The van der Waals surface area contributed by atoms with Gasteiger partial charge < -0.3 is 10.6 Å². The second-order valence-electron chi connectivity index (χ2n) is 5.32. The minimum atomic E-state index is 0.557. The lowest BCUT2D eigenvalue weighted by Crippen LogP contribution is -2.00. The fraction of sp³-hybridized carbons (Fsp3) is 0.111. The molecule has 4 nitrogen and oxygen atoms in total. The minimum Gasteiger partial charge on any atom is -0.340 e. The van der Waals surface area contributed by atoms with E-state index in [0.29, 0.717) is 5.95 Å². The molecule has 0 bridgehead atoms. The van der Waals surface area contributed by atoms with Gasteiger partial charge in [-0.25, -0.2) is 4.98 Å². The maximum Gasteiger partial charge on any atom is 0.229 e. The third kappa shape index (κ3) is 4.07. The molecule has 1 heterocycles. The Bertz CT molecular complexity index is 816. The van der Waals surface area contributed by atoms with Gasteiger partial charge in [-0.05, 0) is 67.4 Å². The van der Waals surface area contributed by atoms with E-state index in [4.69, 9.17) is 0 Å². The molecule has 0 unspecified atom stereocenters. The molecule has 5 heteroatoms. The summed E-state index contributed by atoms with van der Waals surface area (Å²) in [6.45, 7) is 4.20. The first-order chi connectivity index (χ1) is 11.1. The van der Waals surface area contributed by atoms with E-state index >= 15 is 0 Å². The Morgan fingerprint density at radius 3 is 2.30 bits per heavy atom. The molecule has 0 fully saturated rings. The van der Waals surface area contributed by atoms with Crippen molar-refractivity contribution < 1.29 is 0 Å². The van der Waals surface area contributed by atoms with Gasteiger partial charge in [0.15, 0.2) is 0 Å². The zero-order chi connectivity index (χ0) is 16.2. The van der Waals surface area contributed by atoms with Gasteiger partial charge in [-0.2, -0.15) is 4.98 Å². The standard InChI is InChI=1S/C18H17BrN4/c1-12-3-6-16(11-13(12)2)21-17-9-10-20-18(23-17)22-15-7-4-14(19)5-8-15/h3-11H,1-2H3,(H2,20,21,22,23). The van der Waals surface area contributed by atoms with E-state index in [1.165, 1.54) is 11.1 Å². The second kappa shape index (κ2) is 6.79. The molecule has 116 valence electrons. The van der Waals surface area contributed by atoms with Crippen LogP contribution in [0.1, 0.15) is 11.1 Å². The zero-order valence-corrected chi connectivity index (χ0v) is 14.6. The highest BCUT2D eigenvalue weighted by atomic mass is 79.9. The maximum absolute atomic E-state index is 4.49. The molecule has 0 aliphatic heterocycles. The van der Waals surface area contributed by atoms with Crippen molar-refractivity contribution in [2.75, 3.05) is 10.6 Å². The molecule has 1 aromatic heterocycles. The molecule has 0 radical (unpaired) electrons. The Balaban J connectivity index is 1.76. The Morgan fingerprint density at radius 2 is 1.57 bits per heavy atom. The maximum atomic E-state index is 4.49. The van der Waals surface area contributed by atoms with Crippen molar-refractivity contribution in [1.29, 1.82) is 0 Å². The topological polar surface area (TPSA) is 49.8 Å². The Hall–Kier alpha value is -2.40. The van der Waals surface area contributed by atoms with Crippen molar-refractivity contribution in [3.63, 3.8) is 0 Å². The summed E-state index contributed by atoms with van der Waals surface area (Å²) in [5, 5.41) is 6.50. The van der Waals surface area contributed by atoms with Gasteiger partial charge >= 0.3 is 0 Å². The number of benzene rings is 2. The summed E-state index contributed by atoms with van der Waals surface area (Å²) in [5.74, 6) is 1.31. The first-order valence-corrected chi connectivity index (χ1v) is 8.09. The van der Waals surface area contributed by atoms with E-state index in [9.17, 15) is 0 Å². The number of halogens is 1.